The average Bonchev–Trinajstić information content (AvgIpc) is 2.32. The van der Waals surface area contributed by atoms with Crippen molar-refractivity contribution in [2.24, 2.45) is 0 Å². The molecule has 2 rings (SSSR count). The van der Waals surface area contributed by atoms with Crippen molar-refractivity contribution in [3.8, 4) is 0 Å². The van der Waals surface area contributed by atoms with E-state index in [2.05, 4.69) is 15.9 Å². The molecule has 0 saturated heterocycles. The van der Waals surface area contributed by atoms with E-state index in [0.29, 0.717) is 5.56 Å². The Balaban J connectivity index is 2.36. The average molecular weight is 314 g/mol. The number of benzene rings is 2. The fraction of sp³-hybridized carbons (Fsp3) is 0.143. The minimum absolute atomic E-state index is 0.202. The van der Waals surface area contributed by atoms with Crippen LogP contribution >= 0.6 is 27.5 Å². The SMILES string of the molecule is Cc1cc(C(Cl)c2cccc(Br)c2)ccc1F. The first kappa shape index (κ1) is 12.6. The molecule has 0 fully saturated rings. The van der Waals surface area contributed by atoms with E-state index in [1.165, 1.54) is 6.07 Å². The molecular formula is C14H11BrClF. The normalized spacial score (nSPS) is 12.5. The molecule has 17 heavy (non-hydrogen) atoms. The van der Waals surface area contributed by atoms with Crippen LogP contribution in [-0.4, -0.2) is 0 Å². The summed E-state index contributed by atoms with van der Waals surface area (Å²) in [5, 5.41) is -0.258. The Labute approximate surface area is 114 Å². The van der Waals surface area contributed by atoms with E-state index >= 15 is 0 Å². The Morgan fingerprint density at radius 2 is 1.82 bits per heavy atom. The summed E-state index contributed by atoms with van der Waals surface area (Å²) in [6, 6.07) is 12.8. The van der Waals surface area contributed by atoms with Gasteiger partial charge in [0.1, 0.15) is 5.82 Å². The van der Waals surface area contributed by atoms with Crippen molar-refractivity contribution in [1.29, 1.82) is 0 Å². The molecule has 0 nitrogen and oxygen atoms in total. The molecule has 0 saturated carbocycles. The van der Waals surface area contributed by atoms with Gasteiger partial charge in [-0.05, 0) is 41.8 Å². The summed E-state index contributed by atoms with van der Waals surface area (Å²) >= 11 is 9.80. The van der Waals surface area contributed by atoms with Crippen LogP contribution in [0.5, 0.6) is 0 Å². The molecular weight excluding hydrogens is 303 g/mol. The fourth-order valence-corrected chi connectivity index (χ4v) is 2.37. The van der Waals surface area contributed by atoms with Gasteiger partial charge in [0.25, 0.3) is 0 Å². The highest BCUT2D eigenvalue weighted by Gasteiger charge is 2.12. The lowest BCUT2D eigenvalue weighted by Gasteiger charge is -2.11. The predicted octanol–water partition coefficient (Wildman–Crippen LogP) is 5.22. The number of alkyl halides is 1. The molecule has 2 aromatic rings. The molecule has 0 aliphatic heterocycles. The van der Waals surface area contributed by atoms with E-state index < -0.39 is 0 Å². The van der Waals surface area contributed by atoms with Crippen LogP contribution in [0.2, 0.25) is 0 Å². The van der Waals surface area contributed by atoms with Crippen molar-refractivity contribution < 1.29 is 4.39 Å². The van der Waals surface area contributed by atoms with Gasteiger partial charge in [-0.25, -0.2) is 4.39 Å². The maximum atomic E-state index is 13.2. The third kappa shape index (κ3) is 2.88. The smallest absolute Gasteiger partial charge is 0.126 e. The molecule has 0 aromatic heterocycles. The van der Waals surface area contributed by atoms with Crippen LogP contribution in [0.15, 0.2) is 46.9 Å². The van der Waals surface area contributed by atoms with E-state index in [4.69, 9.17) is 11.6 Å². The number of hydrogen-bond acceptors (Lipinski definition) is 0. The minimum atomic E-state index is -0.258. The maximum absolute atomic E-state index is 13.2. The van der Waals surface area contributed by atoms with E-state index in [9.17, 15) is 4.39 Å². The Morgan fingerprint density at radius 3 is 2.47 bits per heavy atom. The summed E-state index contributed by atoms with van der Waals surface area (Å²) in [6.07, 6.45) is 0. The quantitative estimate of drug-likeness (QED) is 0.666. The van der Waals surface area contributed by atoms with Crippen molar-refractivity contribution in [2.45, 2.75) is 12.3 Å². The lowest BCUT2D eigenvalue weighted by Crippen LogP contribution is -1.95. The van der Waals surface area contributed by atoms with Gasteiger partial charge < -0.3 is 0 Å². The Hall–Kier alpha value is -0.860. The first-order valence-electron chi connectivity index (χ1n) is 5.23. The van der Waals surface area contributed by atoms with Gasteiger partial charge in [0.05, 0.1) is 5.38 Å². The molecule has 0 amide bonds. The van der Waals surface area contributed by atoms with Crippen LogP contribution in [-0.2, 0) is 0 Å². The summed E-state index contributed by atoms with van der Waals surface area (Å²) in [5.74, 6) is -0.202. The Bertz CT molecular complexity index is 539. The van der Waals surface area contributed by atoms with Crippen molar-refractivity contribution in [2.75, 3.05) is 0 Å². The van der Waals surface area contributed by atoms with E-state index in [-0.39, 0.29) is 11.2 Å². The second-order valence-corrected chi connectivity index (χ2v) is 5.28. The van der Waals surface area contributed by atoms with Gasteiger partial charge in [-0.15, -0.1) is 11.6 Å². The maximum Gasteiger partial charge on any atom is 0.126 e. The molecule has 1 unspecified atom stereocenters. The summed E-state index contributed by atoms with van der Waals surface area (Å²) in [7, 11) is 0. The van der Waals surface area contributed by atoms with Crippen LogP contribution in [0.25, 0.3) is 0 Å². The summed E-state index contributed by atoms with van der Waals surface area (Å²) in [6.45, 7) is 1.74. The first-order valence-corrected chi connectivity index (χ1v) is 6.46. The zero-order valence-electron chi connectivity index (χ0n) is 9.25. The molecule has 2 aromatic carbocycles. The van der Waals surface area contributed by atoms with Crippen molar-refractivity contribution in [3.05, 3.63) is 69.4 Å². The first-order chi connectivity index (χ1) is 8.08. The van der Waals surface area contributed by atoms with Crippen molar-refractivity contribution in [3.63, 3.8) is 0 Å². The lowest BCUT2D eigenvalue weighted by atomic mass is 10.0. The van der Waals surface area contributed by atoms with Gasteiger partial charge in [0.15, 0.2) is 0 Å². The van der Waals surface area contributed by atoms with Crippen LogP contribution in [0.1, 0.15) is 22.1 Å². The summed E-state index contributed by atoms with van der Waals surface area (Å²) in [4.78, 5) is 0. The highest BCUT2D eigenvalue weighted by molar-refractivity contribution is 9.10. The largest absolute Gasteiger partial charge is 0.207 e. The molecule has 0 radical (unpaired) electrons. The van der Waals surface area contributed by atoms with Crippen LogP contribution in [0.4, 0.5) is 4.39 Å². The topological polar surface area (TPSA) is 0 Å². The van der Waals surface area contributed by atoms with E-state index in [1.54, 1.807) is 19.1 Å². The standard InChI is InChI=1S/C14H11BrClF/c1-9-7-11(5-6-13(9)17)14(16)10-3-2-4-12(15)8-10/h2-8,14H,1H3. The van der Waals surface area contributed by atoms with Gasteiger partial charge >= 0.3 is 0 Å². The zero-order chi connectivity index (χ0) is 12.4. The van der Waals surface area contributed by atoms with Crippen LogP contribution in [0.3, 0.4) is 0 Å². The molecule has 88 valence electrons. The van der Waals surface area contributed by atoms with Gasteiger partial charge in [0.2, 0.25) is 0 Å². The summed E-state index contributed by atoms with van der Waals surface area (Å²) in [5.41, 5.74) is 2.51. The number of rotatable bonds is 2. The minimum Gasteiger partial charge on any atom is -0.207 e. The lowest BCUT2D eigenvalue weighted by molar-refractivity contribution is 0.617. The van der Waals surface area contributed by atoms with Crippen LogP contribution in [0, 0.1) is 12.7 Å². The third-order valence-electron chi connectivity index (χ3n) is 2.62. The third-order valence-corrected chi connectivity index (χ3v) is 3.61. The van der Waals surface area contributed by atoms with E-state index in [1.807, 2.05) is 24.3 Å². The molecule has 0 aliphatic carbocycles. The van der Waals surface area contributed by atoms with Crippen LogP contribution < -0.4 is 0 Å². The molecule has 0 heterocycles. The Kier molecular flexibility index (Phi) is 3.85. The van der Waals surface area contributed by atoms with Crippen molar-refractivity contribution >= 4 is 27.5 Å². The summed E-state index contributed by atoms with van der Waals surface area (Å²) < 4.78 is 14.2. The highest BCUT2D eigenvalue weighted by Crippen LogP contribution is 2.31. The molecule has 0 bridgehead atoms. The fourth-order valence-electron chi connectivity index (χ4n) is 1.68. The Morgan fingerprint density at radius 1 is 1.12 bits per heavy atom. The molecule has 1 atom stereocenters. The zero-order valence-corrected chi connectivity index (χ0v) is 11.6. The number of hydrogen-bond donors (Lipinski definition) is 0. The number of aryl methyl sites for hydroxylation is 1. The van der Waals surface area contributed by atoms with Gasteiger partial charge in [0, 0.05) is 4.47 Å². The van der Waals surface area contributed by atoms with Crippen molar-refractivity contribution in [1.82, 2.24) is 0 Å². The molecule has 3 heteroatoms. The van der Waals surface area contributed by atoms with Gasteiger partial charge in [-0.2, -0.15) is 0 Å². The van der Waals surface area contributed by atoms with E-state index in [0.717, 1.165) is 15.6 Å². The molecule has 0 spiro atoms. The number of halogens is 3. The van der Waals surface area contributed by atoms with Gasteiger partial charge in [-0.1, -0.05) is 40.2 Å². The monoisotopic (exact) mass is 312 g/mol. The second kappa shape index (κ2) is 5.19. The second-order valence-electron chi connectivity index (χ2n) is 3.93. The van der Waals surface area contributed by atoms with Gasteiger partial charge in [-0.3, -0.25) is 0 Å². The molecule has 0 aliphatic rings. The molecule has 0 N–H and O–H groups in total. The predicted molar refractivity (Wildman–Crippen MR) is 73.0 cm³/mol. The highest BCUT2D eigenvalue weighted by atomic mass is 79.9.